The summed E-state index contributed by atoms with van der Waals surface area (Å²) in [6.07, 6.45) is 3.99. The van der Waals surface area contributed by atoms with E-state index in [2.05, 4.69) is 36.4 Å². The summed E-state index contributed by atoms with van der Waals surface area (Å²) >= 11 is 0. The Hall–Kier alpha value is -4.94. The lowest BCUT2D eigenvalue weighted by atomic mass is 10.2. The topological polar surface area (TPSA) is 139 Å². The number of anilines is 1. The fourth-order valence-electron chi connectivity index (χ4n) is 2.57. The maximum Gasteiger partial charge on any atom is 0.339 e. The number of hydrogen-bond donors (Lipinski definition) is 3. The fraction of sp³-hybridized carbons (Fsp3) is 0. The highest BCUT2D eigenvalue weighted by Gasteiger charge is 2.10. The first-order chi connectivity index (χ1) is 16.0. The van der Waals surface area contributed by atoms with Gasteiger partial charge in [-0.1, -0.05) is 0 Å². The van der Waals surface area contributed by atoms with Crippen LogP contribution in [0.15, 0.2) is 66.2 Å². The van der Waals surface area contributed by atoms with Crippen LogP contribution in [0.4, 0.5) is 19.3 Å². The normalized spacial score (nSPS) is 10.8. The number of hydrogen-bond acceptors (Lipinski definition) is 8. The number of benzene rings is 2. The molecule has 2 heterocycles. The van der Waals surface area contributed by atoms with Crippen LogP contribution in [0, 0.1) is 11.6 Å². The number of pyridine rings is 1. The number of aromatic hydroxyl groups is 1. The van der Waals surface area contributed by atoms with E-state index < -0.39 is 23.4 Å². The van der Waals surface area contributed by atoms with Crippen LogP contribution >= 0.6 is 0 Å². The number of rotatable bonds is 6. The lowest BCUT2D eigenvalue weighted by Crippen LogP contribution is -2.24. The molecule has 0 spiro atoms. The zero-order valence-electron chi connectivity index (χ0n) is 16.6. The molecule has 0 fully saturated rings. The molecule has 11 nitrogen and oxygen atoms in total. The molecule has 33 heavy (non-hydrogen) atoms. The van der Waals surface area contributed by atoms with E-state index in [-0.39, 0.29) is 11.4 Å². The molecule has 0 saturated carbocycles. The number of aromatic nitrogens is 5. The number of nitrogens with zero attached hydrogens (tertiary/aromatic N) is 6. The molecule has 2 aromatic heterocycles. The van der Waals surface area contributed by atoms with E-state index in [0.29, 0.717) is 17.1 Å². The molecular formula is C20H14F2N8O3. The SMILES string of the molecule is O=C(N/N=C/c1ccc(O)c(F)c1)Nc1ccc(Oc2ccnc(-n3cnnn3)c2)c(F)c1. The van der Waals surface area contributed by atoms with E-state index in [4.69, 9.17) is 9.84 Å². The molecule has 0 radical (unpaired) electrons. The van der Waals surface area contributed by atoms with Crippen LogP contribution in [0.25, 0.3) is 5.82 Å². The lowest BCUT2D eigenvalue weighted by molar-refractivity contribution is 0.252. The van der Waals surface area contributed by atoms with E-state index in [1.807, 2.05) is 0 Å². The highest BCUT2D eigenvalue weighted by Crippen LogP contribution is 2.27. The quantitative estimate of drug-likeness (QED) is 0.302. The maximum absolute atomic E-state index is 14.5. The number of amides is 2. The number of carbonyl (C=O) groups excluding carboxylic acids is 1. The van der Waals surface area contributed by atoms with Gasteiger partial charge in [0.15, 0.2) is 29.0 Å². The minimum absolute atomic E-state index is 0.0813. The van der Waals surface area contributed by atoms with Crippen molar-refractivity contribution in [1.82, 2.24) is 30.6 Å². The molecule has 4 aromatic rings. The first-order valence-corrected chi connectivity index (χ1v) is 9.23. The molecule has 4 rings (SSSR count). The fourth-order valence-corrected chi connectivity index (χ4v) is 2.57. The highest BCUT2D eigenvalue weighted by molar-refractivity contribution is 5.90. The standard InChI is InChI=1S/C20H14F2N8O3/c21-15-7-12(1-3-17(15)31)10-24-27-20(32)26-13-2-4-18(16(22)8-13)33-14-5-6-23-19(9-14)30-11-25-28-29-30/h1-11,31H,(H2,26,27,32)/b24-10+. The summed E-state index contributed by atoms with van der Waals surface area (Å²) in [7, 11) is 0. The smallest absolute Gasteiger partial charge is 0.339 e. The van der Waals surface area contributed by atoms with Crippen LogP contribution in [0.3, 0.4) is 0 Å². The highest BCUT2D eigenvalue weighted by atomic mass is 19.1. The van der Waals surface area contributed by atoms with E-state index in [0.717, 1.165) is 18.2 Å². The minimum Gasteiger partial charge on any atom is -0.505 e. The molecule has 2 amide bonds. The van der Waals surface area contributed by atoms with Crippen LogP contribution in [0.5, 0.6) is 17.2 Å². The van der Waals surface area contributed by atoms with Crippen molar-refractivity contribution in [2.24, 2.45) is 5.10 Å². The monoisotopic (exact) mass is 452 g/mol. The molecule has 0 atom stereocenters. The number of phenolic OH excluding ortho intramolecular Hbond substituents is 1. The molecule has 0 aliphatic heterocycles. The second-order valence-corrected chi connectivity index (χ2v) is 6.39. The number of hydrazone groups is 1. The maximum atomic E-state index is 14.5. The van der Waals surface area contributed by atoms with Gasteiger partial charge < -0.3 is 15.2 Å². The van der Waals surface area contributed by atoms with Gasteiger partial charge >= 0.3 is 6.03 Å². The average Bonchev–Trinajstić information content (AvgIpc) is 3.33. The molecule has 0 bridgehead atoms. The minimum atomic E-state index is -0.820. The molecule has 0 unspecified atom stereocenters. The second kappa shape index (κ2) is 9.47. The van der Waals surface area contributed by atoms with Gasteiger partial charge in [0, 0.05) is 24.0 Å². The van der Waals surface area contributed by atoms with Crippen molar-refractivity contribution >= 4 is 17.9 Å². The molecule has 0 saturated heterocycles. The number of nitrogens with one attached hydrogen (secondary N) is 2. The Kier molecular flexibility index (Phi) is 6.11. The van der Waals surface area contributed by atoms with Gasteiger partial charge in [0.2, 0.25) is 0 Å². The van der Waals surface area contributed by atoms with Crippen LogP contribution in [0.1, 0.15) is 5.56 Å². The van der Waals surface area contributed by atoms with Crippen molar-refractivity contribution in [3.63, 3.8) is 0 Å². The van der Waals surface area contributed by atoms with Crippen molar-refractivity contribution in [3.8, 4) is 23.1 Å². The van der Waals surface area contributed by atoms with Crippen LogP contribution in [-0.2, 0) is 0 Å². The third-order valence-electron chi connectivity index (χ3n) is 4.07. The molecular weight excluding hydrogens is 438 g/mol. The van der Waals surface area contributed by atoms with Gasteiger partial charge in [0.1, 0.15) is 12.1 Å². The predicted octanol–water partition coefficient (Wildman–Crippen LogP) is 2.99. The summed E-state index contributed by atoms with van der Waals surface area (Å²) in [5.41, 5.74) is 2.63. The number of urea groups is 1. The Balaban J connectivity index is 1.36. The summed E-state index contributed by atoms with van der Waals surface area (Å²) in [6.45, 7) is 0. The lowest BCUT2D eigenvalue weighted by Gasteiger charge is -2.10. The van der Waals surface area contributed by atoms with Crippen LogP contribution < -0.4 is 15.5 Å². The van der Waals surface area contributed by atoms with Crippen molar-refractivity contribution in [2.75, 3.05) is 5.32 Å². The van der Waals surface area contributed by atoms with Crippen LogP contribution in [-0.4, -0.2) is 42.5 Å². The Morgan fingerprint density at radius 1 is 1.12 bits per heavy atom. The third kappa shape index (κ3) is 5.41. The van der Waals surface area contributed by atoms with Gasteiger partial charge in [-0.15, -0.1) is 5.10 Å². The van der Waals surface area contributed by atoms with Gasteiger partial charge in [0.05, 0.1) is 6.21 Å². The van der Waals surface area contributed by atoms with Gasteiger partial charge in [-0.3, -0.25) is 0 Å². The van der Waals surface area contributed by atoms with E-state index in [1.165, 1.54) is 53.8 Å². The summed E-state index contributed by atoms with van der Waals surface area (Å²) < 4.78 is 34.6. The van der Waals surface area contributed by atoms with Crippen LogP contribution in [0.2, 0.25) is 0 Å². The summed E-state index contributed by atoms with van der Waals surface area (Å²) in [5.74, 6) is -1.45. The van der Waals surface area contributed by atoms with Crippen molar-refractivity contribution in [3.05, 3.63) is 78.3 Å². The van der Waals surface area contributed by atoms with E-state index >= 15 is 0 Å². The van der Waals surface area contributed by atoms with Gasteiger partial charge in [-0.25, -0.2) is 24.0 Å². The Morgan fingerprint density at radius 2 is 2.00 bits per heavy atom. The average molecular weight is 452 g/mol. The van der Waals surface area contributed by atoms with Gasteiger partial charge in [-0.2, -0.15) is 9.78 Å². The molecule has 3 N–H and O–H groups in total. The second-order valence-electron chi connectivity index (χ2n) is 6.39. The van der Waals surface area contributed by atoms with Gasteiger partial charge in [-0.05, 0) is 52.4 Å². The molecule has 0 aliphatic rings. The first kappa shape index (κ1) is 21.3. The summed E-state index contributed by atoms with van der Waals surface area (Å²) in [5, 5.41) is 26.0. The largest absolute Gasteiger partial charge is 0.505 e. The molecule has 2 aromatic carbocycles. The van der Waals surface area contributed by atoms with Crippen molar-refractivity contribution < 1.29 is 23.4 Å². The number of ether oxygens (including phenoxy) is 1. The molecule has 0 aliphatic carbocycles. The number of tetrazole rings is 1. The summed E-state index contributed by atoms with van der Waals surface area (Å²) in [6, 6.07) is 9.74. The zero-order chi connectivity index (χ0) is 23.2. The Morgan fingerprint density at radius 3 is 2.76 bits per heavy atom. The van der Waals surface area contributed by atoms with Gasteiger partial charge in [0.25, 0.3) is 0 Å². The Labute approximate surface area is 184 Å². The van der Waals surface area contributed by atoms with E-state index in [9.17, 15) is 13.6 Å². The Bertz CT molecular complexity index is 1310. The molecule has 13 heteroatoms. The first-order valence-electron chi connectivity index (χ1n) is 9.23. The number of carbonyl (C=O) groups is 1. The predicted molar refractivity (Wildman–Crippen MR) is 111 cm³/mol. The van der Waals surface area contributed by atoms with E-state index in [1.54, 1.807) is 0 Å². The summed E-state index contributed by atoms with van der Waals surface area (Å²) in [4.78, 5) is 16.0. The zero-order valence-corrected chi connectivity index (χ0v) is 16.6. The molecule has 166 valence electrons. The van der Waals surface area contributed by atoms with Crippen molar-refractivity contribution in [2.45, 2.75) is 0 Å². The number of halogens is 2. The third-order valence-corrected chi connectivity index (χ3v) is 4.07. The number of phenols is 1. The van der Waals surface area contributed by atoms with Crippen molar-refractivity contribution in [1.29, 1.82) is 0 Å².